The summed E-state index contributed by atoms with van der Waals surface area (Å²) in [6.45, 7) is 4.84. The second-order valence-electron chi connectivity index (χ2n) is 5.74. The zero-order valence-corrected chi connectivity index (χ0v) is 10.8. The van der Waals surface area contributed by atoms with Gasteiger partial charge < -0.3 is 15.2 Å². The van der Waals surface area contributed by atoms with Crippen molar-refractivity contribution in [2.45, 2.75) is 51.7 Å². The Balaban J connectivity index is 1.96. The molecular weight excluding hydrogens is 218 g/mol. The van der Waals surface area contributed by atoms with Crippen molar-refractivity contribution in [1.29, 1.82) is 0 Å². The van der Waals surface area contributed by atoms with E-state index in [1.54, 1.807) is 0 Å². The van der Waals surface area contributed by atoms with Crippen LogP contribution in [0.2, 0.25) is 0 Å². The van der Waals surface area contributed by atoms with E-state index in [0.717, 1.165) is 19.3 Å². The van der Waals surface area contributed by atoms with Crippen molar-refractivity contribution >= 4 is 5.97 Å². The lowest BCUT2D eigenvalue weighted by atomic mass is 9.84. The van der Waals surface area contributed by atoms with E-state index in [-0.39, 0.29) is 18.1 Å². The molecule has 0 radical (unpaired) electrons. The second-order valence-corrected chi connectivity index (χ2v) is 5.74. The molecular formula is C13H23NO3. The molecule has 2 fully saturated rings. The van der Waals surface area contributed by atoms with Crippen LogP contribution >= 0.6 is 0 Å². The average molecular weight is 241 g/mol. The fraction of sp³-hybridized carbons (Fsp3) is 0.923. The topological polar surface area (TPSA) is 61.5 Å². The van der Waals surface area contributed by atoms with Crippen molar-refractivity contribution in [3.8, 4) is 0 Å². The minimum absolute atomic E-state index is 0.0703. The van der Waals surface area contributed by atoms with Crippen molar-refractivity contribution in [2.24, 2.45) is 17.1 Å². The van der Waals surface area contributed by atoms with Crippen molar-refractivity contribution in [1.82, 2.24) is 0 Å². The summed E-state index contributed by atoms with van der Waals surface area (Å²) in [6, 6.07) is -0.242. The molecule has 4 heteroatoms. The smallest absolute Gasteiger partial charge is 0.316 e. The Hall–Kier alpha value is -0.610. The molecule has 0 amide bonds. The van der Waals surface area contributed by atoms with E-state index in [1.807, 2.05) is 6.92 Å². The molecule has 0 aromatic carbocycles. The van der Waals surface area contributed by atoms with Crippen molar-refractivity contribution in [3.05, 3.63) is 0 Å². The third-order valence-corrected chi connectivity index (χ3v) is 4.28. The maximum atomic E-state index is 12.2. The van der Waals surface area contributed by atoms with Gasteiger partial charge in [0.2, 0.25) is 0 Å². The van der Waals surface area contributed by atoms with Crippen LogP contribution in [0.3, 0.4) is 0 Å². The van der Waals surface area contributed by atoms with Gasteiger partial charge in [0.25, 0.3) is 0 Å². The standard InChI is InChI=1S/C13H23NO3/c1-9-5-3-4-6-10(9)17-12(15)13(2)8-16-7-11(13)14/h9-11H,3-8,14H2,1-2H3. The molecule has 0 bridgehead atoms. The molecule has 1 saturated carbocycles. The first-order valence-electron chi connectivity index (χ1n) is 6.58. The molecule has 2 rings (SSSR count). The molecule has 2 aliphatic rings. The highest BCUT2D eigenvalue weighted by atomic mass is 16.6. The fourth-order valence-corrected chi connectivity index (χ4v) is 2.63. The van der Waals surface area contributed by atoms with Gasteiger partial charge in [-0.3, -0.25) is 4.79 Å². The lowest BCUT2D eigenvalue weighted by molar-refractivity contribution is -0.165. The molecule has 4 atom stereocenters. The van der Waals surface area contributed by atoms with Gasteiger partial charge in [0.15, 0.2) is 0 Å². The van der Waals surface area contributed by atoms with Crippen LogP contribution in [-0.2, 0) is 14.3 Å². The molecule has 17 heavy (non-hydrogen) atoms. The highest BCUT2D eigenvalue weighted by molar-refractivity contribution is 5.78. The summed E-state index contributed by atoms with van der Waals surface area (Å²) < 4.78 is 10.9. The fourth-order valence-electron chi connectivity index (χ4n) is 2.63. The number of carbonyl (C=O) groups is 1. The Morgan fingerprint density at radius 2 is 2.12 bits per heavy atom. The van der Waals surface area contributed by atoms with Gasteiger partial charge in [-0.1, -0.05) is 13.3 Å². The van der Waals surface area contributed by atoms with Crippen LogP contribution in [-0.4, -0.2) is 31.3 Å². The normalized spacial score (nSPS) is 42.4. The van der Waals surface area contributed by atoms with Crippen molar-refractivity contribution in [2.75, 3.05) is 13.2 Å². The molecule has 0 spiro atoms. The molecule has 2 N–H and O–H groups in total. The van der Waals surface area contributed by atoms with Crippen LogP contribution in [0.1, 0.15) is 39.5 Å². The maximum Gasteiger partial charge on any atom is 0.316 e. The lowest BCUT2D eigenvalue weighted by Crippen LogP contribution is -2.47. The number of esters is 1. The van der Waals surface area contributed by atoms with Gasteiger partial charge in [-0.25, -0.2) is 0 Å². The summed E-state index contributed by atoms with van der Waals surface area (Å²) in [6.07, 6.45) is 4.60. The van der Waals surface area contributed by atoms with Crippen molar-refractivity contribution in [3.63, 3.8) is 0 Å². The maximum absolute atomic E-state index is 12.2. The largest absolute Gasteiger partial charge is 0.462 e. The van der Waals surface area contributed by atoms with E-state index in [4.69, 9.17) is 15.2 Å². The minimum atomic E-state index is -0.656. The predicted octanol–water partition coefficient (Wildman–Crippen LogP) is 1.47. The first kappa shape index (κ1) is 12.8. The summed E-state index contributed by atoms with van der Waals surface area (Å²) in [5, 5.41) is 0. The minimum Gasteiger partial charge on any atom is -0.462 e. The van der Waals surface area contributed by atoms with E-state index in [1.165, 1.54) is 6.42 Å². The predicted molar refractivity (Wildman–Crippen MR) is 64.4 cm³/mol. The van der Waals surface area contributed by atoms with E-state index < -0.39 is 5.41 Å². The Morgan fingerprint density at radius 1 is 1.41 bits per heavy atom. The van der Waals surface area contributed by atoms with Gasteiger partial charge in [0.05, 0.1) is 13.2 Å². The lowest BCUT2D eigenvalue weighted by Gasteiger charge is -2.32. The van der Waals surface area contributed by atoms with Crippen LogP contribution in [0.5, 0.6) is 0 Å². The Bertz CT molecular complexity index is 294. The SMILES string of the molecule is CC1CCCCC1OC(=O)C1(C)COCC1N. The number of hydrogen-bond donors (Lipinski definition) is 1. The first-order chi connectivity index (χ1) is 8.04. The highest BCUT2D eigenvalue weighted by Gasteiger charge is 2.46. The molecule has 1 heterocycles. The number of hydrogen-bond acceptors (Lipinski definition) is 4. The summed E-state index contributed by atoms with van der Waals surface area (Å²) in [5.74, 6) is 0.288. The monoisotopic (exact) mass is 241 g/mol. The van der Waals surface area contributed by atoms with E-state index in [0.29, 0.717) is 19.1 Å². The summed E-state index contributed by atoms with van der Waals surface area (Å²) in [5.41, 5.74) is 5.27. The van der Waals surface area contributed by atoms with Gasteiger partial charge in [-0.2, -0.15) is 0 Å². The van der Waals surface area contributed by atoms with Gasteiger partial charge in [-0.15, -0.1) is 0 Å². The zero-order valence-electron chi connectivity index (χ0n) is 10.8. The van der Waals surface area contributed by atoms with Crippen molar-refractivity contribution < 1.29 is 14.3 Å². The molecule has 1 saturated heterocycles. The number of ether oxygens (including phenoxy) is 2. The molecule has 1 aliphatic heterocycles. The molecule has 4 nitrogen and oxygen atoms in total. The zero-order chi connectivity index (χ0) is 12.5. The molecule has 98 valence electrons. The Morgan fingerprint density at radius 3 is 2.71 bits per heavy atom. The third-order valence-electron chi connectivity index (χ3n) is 4.28. The molecule has 0 aromatic heterocycles. The molecule has 0 aromatic rings. The van der Waals surface area contributed by atoms with E-state index >= 15 is 0 Å². The summed E-state index contributed by atoms with van der Waals surface area (Å²) in [4.78, 5) is 12.2. The van der Waals surface area contributed by atoms with Crippen LogP contribution in [0.15, 0.2) is 0 Å². The van der Waals surface area contributed by atoms with Gasteiger partial charge in [0.1, 0.15) is 11.5 Å². The number of rotatable bonds is 2. The van der Waals surface area contributed by atoms with Crippen LogP contribution in [0, 0.1) is 11.3 Å². The first-order valence-corrected chi connectivity index (χ1v) is 6.58. The van der Waals surface area contributed by atoms with Crippen LogP contribution in [0.4, 0.5) is 0 Å². The quantitative estimate of drug-likeness (QED) is 0.744. The van der Waals surface area contributed by atoms with Crippen LogP contribution in [0.25, 0.3) is 0 Å². The highest BCUT2D eigenvalue weighted by Crippen LogP contribution is 2.32. The Kier molecular flexibility index (Phi) is 3.73. The van der Waals surface area contributed by atoms with E-state index in [9.17, 15) is 4.79 Å². The van der Waals surface area contributed by atoms with Crippen LogP contribution < -0.4 is 5.73 Å². The summed E-state index contributed by atoms with van der Waals surface area (Å²) in [7, 11) is 0. The Labute approximate surface area is 103 Å². The third kappa shape index (κ3) is 2.47. The molecule has 4 unspecified atom stereocenters. The number of carbonyl (C=O) groups excluding carboxylic acids is 1. The summed E-state index contributed by atoms with van der Waals surface area (Å²) >= 11 is 0. The molecule has 1 aliphatic carbocycles. The van der Waals surface area contributed by atoms with E-state index in [2.05, 4.69) is 6.92 Å². The average Bonchev–Trinajstić information content (AvgIpc) is 2.64. The second kappa shape index (κ2) is 4.94. The van der Waals surface area contributed by atoms with Gasteiger partial charge in [-0.05, 0) is 32.1 Å². The number of nitrogens with two attached hydrogens (primary N) is 1. The van der Waals surface area contributed by atoms with Gasteiger partial charge >= 0.3 is 5.97 Å². The van der Waals surface area contributed by atoms with Gasteiger partial charge in [0, 0.05) is 6.04 Å².